The lowest BCUT2D eigenvalue weighted by Gasteiger charge is -1.80. The van der Waals surface area contributed by atoms with Crippen LogP contribution in [0.2, 0.25) is 0 Å². The molecule has 0 unspecified atom stereocenters. The second-order valence-electron chi connectivity index (χ2n) is 1.60. The van der Waals surface area contributed by atoms with Crippen LogP contribution in [0.15, 0.2) is 0 Å². The predicted molar refractivity (Wildman–Crippen MR) is 42.2 cm³/mol. The SMILES string of the molecule is CC(C)=O.CO.COC(C)=O. The van der Waals surface area contributed by atoms with Crippen LogP contribution in [0.25, 0.3) is 0 Å². The van der Waals surface area contributed by atoms with Crippen LogP contribution >= 0.6 is 0 Å². The molecule has 0 amide bonds. The number of carbonyl (C=O) groups excluding carboxylic acids is 2. The minimum absolute atomic E-state index is 0.167. The number of hydrogen-bond acceptors (Lipinski definition) is 4. The highest BCUT2D eigenvalue weighted by molar-refractivity contribution is 5.72. The fourth-order valence-corrected chi connectivity index (χ4v) is 0. The van der Waals surface area contributed by atoms with E-state index in [9.17, 15) is 9.59 Å². The summed E-state index contributed by atoms with van der Waals surface area (Å²) < 4.78 is 4.11. The van der Waals surface area contributed by atoms with Gasteiger partial charge in [0.05, 0.1) is 7.11 Å². The Kier molecular flexibility index (Phi) is 24.2. The molecule has 1 N–H and O–H groups in total. The molecule has 0 aromatic heterocycles. The molecule has 0 aromatic carbocycles. The Morgan fingerprint density at radius 2 is 1.18 bits per heavy atom. The first-order valence-corrected chi connectivity index (χ1v) is 2.97. The minimum Gasteiger partial charge on any atom is -0.469 e. The van der Waals surface area contributed by atoms with Crippen molar-refractivity contribution in [2.45, 2.75) is 20.8 Å². The predicted octanol–water partition coefficient (Wildman–Crippen LogP) is 0.383. The van der Waals surface area contributed by atoms with E-state index in [0.29, 0.717) is 0 Å². The molecular weight excluding hydrogens is 148 g/mol. The summed E-state index contributed by atoms with van der Waals surface area (Å²) in [6, 6.07) is 0. The van der Waals surface area contributed by atoms with Gasteiger partial charge in [-0.05, 0) is 13.8 Å². The monoisotopic (exact) mass is 164 g/mol. The third-order valence-corrected chi connectivity index (χ3v) is 0.287. The van der Waals surface area contributed by atoms with Crippen LogP contribution < -0.4 is 0 Å². The zero-order valence-electron chi connectivity index (χ0n) is 7.67. The highest BCUT2D eigenvalue weighted by atomic mass is 16.5. The molecular formula is C7H16O4. The molecule has 0 bridgehead atoms. The van der Waals surface area contributed by atoms with Gasteiger partial charge in [-0.25, -0.2) is 0 Å². The molecule has 0 fully saturated rings. The van der Waals surface area contributed by atoms with Gasteiger partial charge in [0.15, 0.2) is 0 Å². The van der Waals surface area contributed by atoms with Crippen molar-refractivity contribution in [3.63, 3.8) is 0 Å². The van der Waals surface area contributed by atoms with Crippen LogP contribution in [-0.2, 0) is 14.3 Å². The first kappa shape index (κ1) is 16.6. The fourth-order valence-electron chi connectivity index (χ4n) is 0. The van der Waals surface area contributed by atoms with Gasteiger partial charge in [-0.3, -0.25) is 4.79 Å². The normalized spacial score (nSPS) is 6.00. The van der Waals surface area contributed by atoms with E-state index in [1.54, 1.807) is 0 Å². The molecule has 0 aliphatic heterocycles. The van der Waals surface area contributed by atoms with Gasteiger partial charge in [0, 0.05) is 14.0 Å². The smallest absolute Gasteiger partial charge is 0.302 e. The second-order valence-corrected chi connectivity index (χ2v) is 1.60. The summed E-state index contributed by atoms with van der Waals surface area (Å²) >= 11 is 0. The number of aliphatic hydroxyl groups is 1. The van der Waals surface area contributed by atoms with E-state index in [4.69, 9.17) is 5.11 Å². The van der Waals surface area contributed by atoms with Crippen molar-refractivity contribution in [2.75, 3.05) is 14.2 Å². The fraction of sp³-hybridized carbons (Fsp3) is 0.714. The highest BCUT2D eigenvalue weighted by Crippen LogP contribution is 1.60. The van der Waals surface area contributed by atoms with Gasteiger partial charge in [0.25, 0.3) is 0 Å². The third kappa shape index (κ3) is 379. The van der Waals surface area contributed by atoms with Crippen LogP contribution in [0.5, 0.6) is 0 Å². The van der Waals surface area contributed by atoms with Gasteiger partial charge in [-0.15, -0.1) is 0 Å². The lowest BCUT2D eigenvalue weighted by molar-refractivity contribution is -0.137. The summed E-state index contributed by atoms with van der Waals surface area (Å²) in [6.45, 7) is 4.42. The number of Topliss-reactive ketones (excluding diaryl/α,β-unsaturated/α-hetero) is 1. The molecule has 68 valence electrons. The molecule has 0 heterocycles. The molecule has 0 aliphatic rings. The van der Waals surface area contributed by atoms with E-state index in [0.717, 1.165) is 7.11 Å². The summed E-state index contributed by atoms with van der Waals surface area (Å²) in [5.74, 6) is -0.0787. The van der Waals surface area contributed by atoms with Crippen molar-refractivity contribution < 1.29 is 19.4 Å². The van der Waals surface area contributed by atoms with Crippen molar-refractivity contribution in [3.8, 4) is 0 Å². The Morgan fingerprint density at radius 3 is 1.18 bits per heavy atom. The molecule has 0 spiro atoms. The van der Waals surface area contributed by atoms with Crippen LogP contribution in [0.1, 0.15) is 20.8 Å². The number of ketones is 1. The van der Waals surface area contributed by atoms with Crippen LogP contribution in [0.3, 0.4) is 0 Å². The van der Waals surface area contributed by atoms with Crippen molar-refractivity contribution in [3.05, 3.63) is 0 Å². The standard InChI is InChI=1S/C3H6O2.C3H6O.CH4O/c1-3(4)5-2;1-3(2)4;1-2/h1-2H3;1-2H3;2H,1H3. The van der Waals surface area contributed by atoms with E-state index in [1.807, 2.05) is 0 Å². The third-order valence-electron chi connectivity index (χ3n) is 0.287. The molecule has 0 atom stereocenters. The maximum absolute atomic E-state index is 9.59. The van der Waals surface area contributed by atoms with E-state index in [1.165, 1.54) is 27.9 Å². The zero-order valence-corrected chi connectivity index (χ0v) is 7.67. The lowest BCUT2D eigenvalue weighted by atomic mass is 10.6. The van der Waals surface area contributed by atoms with Crippen molar-refractivity contribution in [1.82, 2.24) is 0 Å². The largest absolute Gasteiger partial charge is 0.469 e. The van der Waals surface area contributed by atoms with Gasteiger partial charge in [0.1, 0.15) is 5.78 Å². The number of hydrogen-bond donors (Lipinski definition) is 1. The molecule has 0 radical (unpaired) electrons. The second kappa shape index (κ2) is 16.0. The van der Waals surface area contributed by atoms with Gasteiger partial charge >= 0.3 is 5.97 Å². The molecule has 4 heteroatoms. The number of aliphatic hydroxyl groups excluding tert-OH is 1. The minimum atomic E-state index is -0.245. The quantitative estimate of drug-likeness (QED) is 0.526. The number of esters is 1. The van der Waals surface area contributed by atoms with Crippen molar-refractivity contribution >= 4 is 11.8 Å². The first-order valence-electron chi connectivity index (χ1n) is 2.97. The van der Waals surface area contributed by atoms with Crippen LogP contribution in [-0.4, -0.2) is 31.1 Å². The van der Waals surface area contributed by atoms with Gasteiger partial charge in [0.2, 0.25) is 0 Å². The van der Waals surface area contributed by atoms with Gasteiger partial charge < -0.3 is 14.6 Å². The van der Waals surface area contributed by atoms with Crippen molar-refractivity contribution in [1.29, 1.82) is 0 Å². The number of methoxy groups -OCH3 is 1. The van der Waals surface area contributed by atoms with Crippen molar-refractivity contribution in [2.24, 2.45) is 0 Å². The average Bonchev–Trinajstić information content (AvgIpc) is 1.91. The number of ether oxygens (including phenoxy) is 1. The Morgan fingerprint density at radius 1 is 1.09 bits per heavy atom. The maximum Gasteiger partial charge on any atom is 0.302 e. The van der Waals surface area contributed by atoms with E-state index < -0.39 is 0 Å². The maximum atomic E-state index is 9.59. The molecule has 0 saturated heterocycles. The summed E-state index contributed by atoms with van der Waals surface area (Å²) in [6.07, 6.45) is 0. The molecule has 0 aromatic rings. The Hall–Kier alpha value is -0.900. The van der Waals surface area contributed by atoms with Crippen LogP contribution in [0, 0.1) is 0 Å². The molecule has 11 heavy (non-hydrogen) atoms. The summed E-state index contributed by atoms with van der Waals surface area (Å²) in [7, 11) is 2.35. The topological polar surface area (TPSA) is 63.6 Å². The Labute approximate surface area is 67.2 Å². The van der Waals surface area contributed by atoms with Gasteiger partial charge in [-0.1, -0.05) is 0 Å². The number of carbonyl (C=O) groups is 2. The first-order chi connectivity index (χ1) is 5.00. The zero-order chi connectivity index (χ0) is 9.86. The summed E-state index contributed by atoms with van der Waals surface area (Å²) in [5, 5.41) is 7.00. The lowest BCUT2D eigenvalue weighted by Crippen LogP contribution is -1.88. The molecule has 0 aliphatic carbocycles. The molecule has 0 saturated carbocycles. The van der Waals surface area contributed by atoms with E-state index >= 15 is 0 Å². The average molecular weight is 164 g/mol. The highest BCUT2D eigenvalue weighted by Gasteiger charge is 1.75. The Bertz CT molecular complexity index is 94.6. The Balaban J connectivity index is -0.0000000965. The van der Waals surface area contributed by atoms with E-state index in [-0.39, 0.29) is 11.8 Å². The van der Waals surface area contributed by atoms with E-state index in [2.05, 4.69) is 4.74 Å². The molecule has 0 rings (SSSR count). The van der Waals surface area contributed by atoms with Gasteiger partial charge in [-0.2, -0.15) is 0 Å². The molecule has 4 nitrogen and oxygen atoms in total. The number of rotatable bonds is 0. The summed E-state index contributed by atoms with van der Waals surface area (Å²) in [4.78, 5) is 19.0. The van der Waals surface area contributed by atoms with Crippen LogP contribution in [0.4, 0.5) is 0 Å². The summed E-state index contributed by atoms with van der Waals surface area (Å²) in [5.41, 5.74) is 0.